The van der Waals surface area contributed by atoms with E-state index in [1.54, 1.807) is 0 Å². The molecule has 1 aromatic rings. The largest absolute Gasteiger partial charge is 0.382 e. The van der Waals surface area contributed by atoms with Crippen molar-refractivity contribution >= 4 is 23.5 Å². The van der Waals surface area contributed by atoms with Crippen LogP contribution in [-0.4, -0.2) is 33.4 Å². The summed E-state index contributed by atoms with van der Waals surface area (Å²) >= 11 is 1.88. The van der Waals surface area contributed by atoms with Gasteiger partial charge in [-0.05, 0) is 25.5 Å². The molecule has 1 heterocycles. The minimum absolute atomic E-state index is 0.179. The van der Waals surface area contributed by atoms with Crippen molar-refractivity contribution in [3.63, 3.8) is 0 Å². The Morgan fingerprint density at radius 2 is 2.33 bits per heavy atom. The first-order valence-corrected chi connectivity index (χ1v) is 7.39. The molecule has 1 aliphatic carbocycles. The molecular weight excluding hydrogens is 248 g/mol. The van der Waals surface area contributed by atoms with E-state index in [0.717, 1.165) is 12.8 Å². The smallest absolute Gasteiger partial charge is 0.271 e. The van der Waals surface area contributed by atoms with E-state index in [0.29, 0.717) is 10.9 Å². The summed E-state index contributed by atoms with van der Waals surface area (Å²) in [6.45, 7) is 0. The van der Waals surface area contributed by atoms with Gasteiger partial charge in [-0.2, -0.15) is 11.8 Å². The van der Waals surface area contributed by atoms with Crippen molar-refractivity contribution in [1.82, 2.24) is 15.3 Å². The Labute approximate surface area is 111 Å². The van der Waals surface area contributed by atoms with Gasteiger partial charge in [-0.3, -0.25) is 9.78 Å². The topological polar surface area (TPSA) is 80.9 Å². The summed E-state index contributed by atoms with van der Waals surface area (Å²) in [6, 6.07) is 0.243. The van der Waals surface area contributed by atoms with E-state index in [-0.39, 0.29) is 17.8 Å². The van der Waals surface area contributed by atoms with Crippen LogP contribution in [0, 0.1) is 0 Å². The Kier molecular flexibility index (Phi) is 4.41. The van der Waals surface area contributed by atoms with Crippen LogP contribution >= 0.6 is 11.8 Å². The molecule has 2 rings (SSSR count). The van der Waals surface area contributed by atoms with Gasteiger partial charge in [0.1, 0.15) is 11.5 Å². The van der Waals surface area contributed by atoms with Gasteiger partial charge in [0, 0.05) is 11.3 Å². The number of anilines is 1. The second-order valence-electron chi connectivity index (χ2n) is 4.52. The van der Waals surface area contributed by atoms with Crippen LogP contribution in [-0.2, 0) is 0 Å². The first-order valence-electron chi connectivity index (χ1n) is 6.10. The maximum Gasteiger partial charge on any atom is 0.271 e. The lowest BCUT2D eigenvalue weighted by atomic mass is 9.95. The molecule has 3 N–H and O–H groups in total. The molecule has 5 nitrogen and oxygen atoms in total. The van der Waals surface area contributed by atoms with Crippen LogP contribution in [0.3, 0.4) is 0 Å². The van der Waals surface area contributed by atoms with E-state index in [4.69, 9.17) is 5.73 Å². The number of nitrogens with two attached hydrogens (primary N) is 1. The molecule has 0 saturated heterocycles. The predicted octanol–water partition coefficient (Wildman–Crippen LogP) is 1.46. The predicted molar refractivity (Wildman–Crippen MR) is 73.5 cm³/mol. The number of amides is 1. The zero-order valence-electron chi connectivity index (χ0n) is 10.4. The number of hydrogen-bond donors (Lipinski definition) is 2. The van der Waals surface area contributed by atoms with E-state index in [2.05, 4.69) is 21.5 Å². The molecule has 1 fully saturated rings. The van der Waals surface area contributed by atoms with Crippen molar-refractivity contribution in [3.8, 4) is 0 Å². The molecule has 0 bridgehead atoms. The third-order valence-corrected chi connectivity index (χ3v) is 4.28. The van der Waals surface area contributed by atoms with Crippen molar-refractivity contribution in [2.24, 2.45) is 0 Å². The van der Waals surface area contributed by atoms with Crippen LogP contribution in [0.1, 0.15) is 36.2 Å². The molecule has 0 spiro atoms. The molecule has 0 aliphatic heterocycles. The quantitative estimate of drug-likeness (QED) is 0.865. The zero-order chi connectivity index (χ0) is 13.0. The van der Waals surface area contributed by atoms with Gasteiger partial charge in [-0.1, -0.05) is 6.42 Å². The number of rotatable bonds is 3. The highest BCUT2D eigenvalue weighted by Crippen LogP contribution is 2.26. The molecule has 0 radical (unpaired) electrons. The van der Waals surface area contributed by atoms with Crippen LogP contribution in [0.25, 0.3) is 0 Å². The Morgan fingerprint density at radius 3 is 3.06 bits per heavy atom. The fraction of sp³-hybridized carbons (Fsp3) is 0.583. The highest BCUT2D eigenvalue weighted by Gasteiger charge is 2.23. The van der Waals surface area contributed by atoms with E-state index >= 15 is 0 Å². The van der Waals surface area contributed by atoms with Gasteiger partial charge in [0.15, 0.2) is 0 Å². The standard InChI is InChI=1S/C12H18N4OS/c1-18-9-4-2-3-8(5-9)15-12(17)10-6-14-7-11(13)16-10/h6-9H,2-5H2,1H3,(H2,13,16)(H,15,17). The molecule has 1 aliphatic rings. The van der Waals surface area contributed by atoms with Crippen molar-refractivity contribution in [2.45, 2.75) is 37.0 Å². The van der Waals surface area contributed by atoms with Gasteiger partial charge >= 0.3 is 0 Å². The lowest BCUT2D eigenvalue weighted by molar-refractivity contribution is 0.0923. The molecule has 0 aromatic carbocycles. The maximum absolute atomic E-state index is 12.0. The average molecular weight is 266 g/mol. The number of aromatic nitrogens is 2. The highest BCUT2D eigenvalue weighted by molar-refractivity contribution is 7.99. The number of carbonyl (C=O) groups is 1. The van der Waals surface area contributed by atoms with Crippen molar-refractivity contribution in [2.75, 3.05) is 12.0 Å². The average Bonchev–Trinajstić information content (AvgIpc) is 2.39. The van der Waals surface area contributed by atoms with Crippen LogP contribution < -0.4 is 11.1 Å². The summed E-state index contributed by atoms with van der Waals surface area (Å²) in [6.07, 6.45) is 9.48. The zero-order valence-corrected chi connectivity index (χ0v) is 11.2. The van der Waals surface area contributed by atoms with E-state index in [9.17, 15) is 4.79 Å². The molecule has 98 valence electrons. The summed E-state index contributed by atoms with van der Waals surface area (Å²) in [4.78, 5) is 19.8. The number of nitrogens with one attached hydrogen (secondary N) is 1. The fourth-order valence-corrected chi connectivity index (χ4v) is 3.07. The van der Waals surface area contributed by atoms with Crippen molar-refractivity contribution in [3.05, 3.63) is 18.1 Å². The lowest BCUT2D eigenvalue weighted by Gasteiger charge is -2.28. The van der Waals surface area contributed by atoms with Crippen LogP contribution in [0.15, 0.2) is 12.4 Å². The molecule has 18 heavy (non-hydrogen) atoms. The third-order valence-electron chi connectivity index (χ3n) is 3.18. The first kappa shape index (κ1) is 13.1. The van der Waals surface area contributed by atoms with Gasteiger partial charge < -0.3 is 11.1 Å². The molecular formula is C12H18N4OS. The van der Waals surface area contributed by atoms with Gasteiger partial charge in [-0.25, -0.2) is 4.98 Å². The number of nitrogen functional groups attached to an aromatic ring is 1. The molecule has 2 atom stereocenters. The monoisotopic (exact) mass is 266 g/mol. The van der Waals surface area contributed by atoms with Crippen molar-refractivity contribution < 1.29 is 4.79 Å². The minimum Gasteiger partial charge on any atom is -0.382 e. The molecule has 1 saturated carbocycles. The van der Waals surface area contributed by atoms with Gasteiger partial charge in [0.2, 0.25) is 0 Å². The number of hydrogen-bond acceptors (Lipinski definition) is 5. The molecule has 1 aromatic heterocycles. The Balaban J connectivity index is 1.95. The van der Waals surface area contributed by atoms with E-state index < -0.39 is 0 Å². The summed E-state index contributed by atoms with van der Waals surface area (Å²) in [7, 11) is 0. The van der Waals surface area contributed by atoms with Crippen LogP contribution in [0.5, 0.6) is 0 Å². The second-order valence-corrected chi connectivity index (χ2v) is 5.66. The lowest BCUT2D eigenvalue weighted by Crippen LogP contribution is -2.39. The number of nitrogens with zero attached hydrogens (tertiary/aromatic N) is 2. The van der Waals surface area contributed by atoms with E-state index in [1.807, 2.05) is 11.8 Å². The molecule has 1 amide bonds. The van der Waals surface area contributed by atoms with Crippen molar-refractivity contribution in [1.29, 1.82) is 0 Å². The number of carbonyl (C=O) groups excluding carboxylic acids is 1. The van der Waals surface area contributed by atoms with Gasteiger partial charge in [-0.15, -0.1) is 0 Å². The summed E-state index contributed by atoms with van der Waals surface area (Å²) in [5.41, 5.74) is 5.81. The second kappa shape index (κ2) is 6.04. The Hall–Kier alpha value is -1.30. The van der Waals surface area contributed by atoms with Crippen LogP contribution in [0.4, 0.5) is 5.82 Å². The third kappa shape index (κ3) is 3.35. The van der Waals surface area contributed by atoms with Gasteiger partial charge in [0.25, 0.3) is 5.91 Å². The SMILES string of the molecule is CSC1CCCC(NC(=O)c2cncc(N)n2)C1. The maximum atomic E-state index is 12.0. The highest BCUT2D eigenvalue weighted by atomic mass is 32.2. The molecule has 2 unspecified atom stereocenters. The fourth-order valence-electron chi connectivity index (χ4n) is 2.24. The van der Waals surface area contributed by atoms with Crippen LogP contribution in [0.2, 0.25) is 0 Å². The Bertz CT molecular complexity index is 426. The first-order chi connectivity index (χ1) is 8.69. The minimum atomic E-state index is -0.179. The van der Waals surface area contributed by atoms with Gasteiger partial charge in [0.05, 0.1) is 12.4 Å². The summed E-state index contributed by atoms with van der Waals surface area (Å²) in [5.74, 6) is 0.0924. The Morgan fingerprint density at radius 1 is 1.50 bits per heavy atom. The normalized spacial score (nSPS) is 23.6. The summed E-state index contributed by atoms with van der Waals surface area (Å²) < 4.78 is 0. The summed E-state index contributed by atoms with van der Waals surface area (Å²) in [5, 5.41) is 3.67. The number of thioether (sulfide) groups is 1. The van der Waals surface area contributed by atoms with E-state index in [1.165, 1.54) is 25.2 Å². The molecule has 6 heteroatoms.